The van der Waals surface area contributed by atoms with Gasteiger partial charge in [-0.05, 0) is 36.4 Å². The molecular formula is C14H9FO. The Morgan fingerprint density at radius 1 is 0.875 bits per heavy atom. The van der Waals surface area contributed by atoms with Gasteiger partial charge in [0.25, 0.3) is 0 Å². The van der Waals surface area contributed by atoms with Gasteiger partial charge in [0.2, 0.25) is 0 Å². The molecule has 1 heterocycles. The van der Waals surface area contributed by atoms with Crippen molar-refractivity contribution in [2.75, 3.05) is 0 Å². The molecule has 0 fully saturated rings. The van der Waals surface area contributed by atoms with Gasteiger partial charge in [0.05, 0.1) is 0 Å². The minimum atomic E-state index is -0.236. The topological polar surface area (TPSA) is 13.1 Å². The highest BCUT2D eigenvalue weighted by Crippen LogP contribution is 2.27. The molecule has 0 spiro atoms. The molecule has 0 atom stereocenters. The van der Waals surface area contributed by atoms with E-state index in [9.17, 15) is 4.39 Å². The predicted octanol–water partition coefficient (Wildman–Crippen LogP) is 4.24. The van der Waals surface area contributed by atoms with Crippen molar-refractivity contribution < 1.29 is 8.81 Å². The largest absolute Gasteiger partial charge is 0.456 e. The summed E-state index contributed by atoms with van der Waals surface area (Å²) in [5, 5.41) is 1.06. The van der Waals surface area contributed by atoms with E-state index in [4.69, 9.17) is 4.42 Å². The molecule has 2 heteroatoms. The van der Waals surface area contributed by atoms with Crippen LogP contribution in [0.15, 0.2) is 59.0 Å². The first kappa shape index (κ1) is 9.16. The van der Waals surface area contributed by atoms with Crippen molar-refractivity contribution in [2.45, 2.75) is 0 Å². The molecule has 0 radical (unpaired) electrons. The van der Waals surface area contributed by atoms with Crippen molar-refractivity contribution in [3.05, 3.63) is 60.4 Å². The minimum Gasteiger partial charge on any atom is -0.456 e. The Kier molecular flexibility index (Phi) is 2.00. The first-order chi connectivity index (χ1) is 7.83. The van der Waals surface area contributed by atoms with E-state index < -0.39 is 0 Å². The second-order valence-corrected chi connectivity index (χ2v) is 3.66. The van der Waals surface area contributed by atoms with Crippen LogP contribution < -0.4 is 0 Å². The maximum Gasteiger partial charge on any atom is 0.135 e. The Labute approximate surface area is 92.1 Å². The summed E-state index contributed by atoms with van der Waals surface area (Å²) in [5.74, 6) is 0.529. The molecule has 2 aromatic carbocycles. The normalized spacial score (nSPS) is 10.8. The van der Waals surface area contributed by atoms with Crippen LogP contribution in [-0.4, -0.2) is 0 Å². The van der Waals surface area contributed by atoms with E-state index in [1.54, 1.807) is 12.1 Å². The lowest BCUT2D eigenvalue weighted by Crippen LogP contribution is -1.74. The van der Waals surface area contributed by atoms with E-state index in [0.717, 1.165) is 22.3 Å². The molecule has 0 aliphatic heterocycles. The quantitative estimate of drug-likeness (QED) is 0.588. The van der Waals surface area contributed by atoms with Crippen LogP contribution in [0.25, 0.3) is 22.3 Å². The SMILES string of the molecule is Fc1ccc(-c2cc3ccccc3o2)cc1. The zero-order chi connectivity index (χ0) is 11.0. The average molecular weight is 212 g/mol. The summed E-state index contributed by atoms with van der Waals surface area (Å²) >= 11 is 0. The molecule has 0 saturated heterocycles. The summed E-state index contributed by atoms with van der Waals surface area (Å²) in [6.07, 6.45) is 0. The van der Waals surface area contributed by atoms with Gasteiger partial charge >= 0.3 is 0 Å². The maximum atomic E-state index is 12.8. The van der Waals surface area contributed by atoms with E-state index in [2.05, 4.69) is 0 Å². The van der Waals surface area contributed by atoms with Gasteiger partial charge in [0, 0.05) is 10.9 Å². The summed E-state index contributed by atoms with van der Waals surface area (Å²) in [6, 6.07) is 16.1. The van der Waals surface area contributed by atoms with Crippen molar-refractivity contribution in [1.29, 1.82) is 0 Å². The Hall–Kier alpha value is -2.09. The van der Waals surface area contributed by atoms with Crippen LogP contribution in [0, 0.1) is 5.82 Å². The number of rotatable bonds is 1. The van der Waals surface area contributed by atoms with E-state index in [0.29, 0.717) is 0 Å². The lowest BCUT2D eigenvalue weighted by molar-refractivity contribution is 0.623. The Balaban J connectivity index is 2.15. The molecule has 78 valence electrons. The van der Waals surface area contributed by atoms with Gasteiger partial charge in [-0.15, -0.1) is 0 Å². The Morgan fingerprint density at radius 2 is 1.62 bits per heavy atom. The van der Waals surface area contributed by atoms with Gasteiger partial charge in [-0.3, -0.25) is 0 Å². The van der Waals surface area contributed by atoms with E-state index in [1.165, 1.54) is 12.1 Å². The van der Waals surface area contributed by atoms with Gasteiger partial charge in [-0.2, -0.15) is 0 Å². The van der Waals surface area contributed by atoms with Crippen molar-refractivity contribution in [1.82, 2.24) is 0 Å². The van der Waals surface area contributed by atoms with Gasteiger partial charge in [0.1, 0.15) is 17.2 Å². The van der Waals surface area contributed by atoms with Gasteiger partial charge in [-0.25, -0.2) is 4.39 Å². The van der Waals surface area contributed by atoms with Crippen molar-refractivity contribution >= 4 is 11.0 Å². The third-order valence-corrected chi connectivity index (χ3v) is 2.55. The molecule has 0 saturated carbocycles. The molecule has 0 aliphatic carbocycles. The Bertz CT molecular complexity index is 590. The highest BCUT2D eigenvalue weighted by atomic mass is 19.1. The maximum absolute atomic E-state index is 12.8. The number of fused-ring (bicyclic) bond motifs is 1. The number of hydrogen-bond acceptors (Lipinski definition) is 1. The zero-order valence-corrected chi connectivity index (χ0v) is 8.48. The predicted molar refractivity (Wildman–Crippen MR) is 61.6 cm³/mol. The monoisotopic (exact) mass is 212 g/mol. The molecule has 16 heavy (non-hydrogen) atoms. The summed E-state index contributed by atoms with van der Waals surface area (Å²) < 4.78 is 18.4. The molecule has 0 unspecified atom stereocenters. The first-order valence-corrected chi connectivity index (χ1v) is 5.07. The van der Waals surface area contributed by atoms with Crippen LogP contribution in [0.4, 0.5) is 4.39 Å². The number of halogens is 1. The van der Waals surface area contributed by atoms with Gasteiger partial charge < -0.3 is 4.42 Å². The number of benzene rings is 2. The molecule has 0 bridgehead atoms. The van der Waals surface area contributed by atoms with E-state index >= 15 is 0 Å². The third-order valence-electron chi connectivity index (χ3n) is 2.55. The number of furan rings is 1. The van der Waals surface area contributed by atoms with Crippen LogP contribution in [-0.2, 0) is 0 Å². The molecule has 0 amide bonds. The Morgan fingerprint density at radius 3 is 2.38 bits per heavy atom. The van der Waals surface area contributed by atoms with Gasteiger partial charge in [-0.1, -0.05) is 18.2 Å². The lowest BCUT2D eigenvalue weighted by Gasteiger charge is -1.94. The molecule has 0 aliphatic rings. The fourth-order valence-corrected chi connectivity index (χ4v) is 1.74. The molecule has 1 nitrogen and oxygen atoms in total. The number of hydrogen-bond donors (Lipinski definition) is 0. The molecule has 3 aromatic rings. The summed E-state index contributed by atoms with van der Waals surface area (Å²) in [6.45, 7) is 0. The fraction of sp³-hybridized carbons (Fsp3) is 0. The average Bonchev–Trinajstić information content (AvgIpc) is 2.73. The highest BCUT2D eigenvalue weighted by Gasteiger charge is 2.05. The van der Waals surface area contributed by atoms with Crippen molar-refractivity contribution in [3.8, 4) is 11.3 Å². The van der Waals surface area contributed by atoms with Crippen molar-refractivity contribution in [2.24, 2.45) is 0 Å². The number of para-hydroxylation sites is 1. The van der Waals surface area contributed by atoms with Crippen LogP contribution in [0.2, 0.25) is 0 Å². The van der Waals surface area contributed by atoms with Crippen LogP contribution in [0.5, 0.6) is 0 Å². The zero-order valence-electron chi connectivity index (χ0n) is 8.48. The van der Waals surface area contributed by atoms with Crippen LogP contribution in [0.3, 0.4) is 0 Å². The fourth-order valence-electron chi connectivity index (χ4n) is 1.74. The second kappa shape index (κ2) is 3.49. The molecule has 0 N–H and O–H groups in total. The standard InChI is InChI=1S/C14H9FO/c15-12-7-5-10(6-8-12)14-9-11-3-1-2-4-13(11)16-14/h1-9H. The smallest absolute Gasteiger partial charge is 0.135 e. The van der Waals surface area contributed by atoms with Crippen molar-refractivity contribution in [3.63, 3.8) is 0 Å². The lowest BCUT2D eigenvalue weighted by atomic mass is 10.1. The second-order valence-electron chi connectivity index (χ2n) is 3.66. The van der Waals surface area contributed by atoms with E-state index in [-0.39, 0.29) is 5.82 Å². The van der Waals surface area contributed by atoms with Crippen LogP contribution in [0.1, 0.15) is 0 Å². The van der Waals surface area contributed by atoms with Crippen LogP contribution >= 0.6 is 0 Å². The first-order valence-electron chi connectivity index (χ1n) is 5.07. The molecular weight excluding hydrogens is 203 g/mol. The summed E-state index contributed by atoms with van der Waals surface area (Å²) in [5.41, 5.74) is 1.74. The van der Waals surface area contributed by atoms with Gasteiger partial charge in [0.15, 0.2) is 0 Å². The highest BCUT2D eigenvalue weighted by molar-refractivity contribution is 5.82. The molecule has 1 aromatic heterocycles. The molecule has 3 rings (SSSR count). The minimum absolute atomic E-state index is 0.236. The third kappa shape index (κ3) is 1.48. The summed E-state index contributed by atoms with van der Waals surface area (Å²) in [7, 11) is 0. The summed E-state index contributed by atoms with van der Waals surface area (Å²) in [4.78, 5) is 0. The van der Waals surface area contributed by atoms with E-state index in [1.807, 2.05) is 30.3 Å².